The van der Waals surface area contributed by atoms with Gasteiger partial charge in [0, 0.05) is 18.7 Å². The first kappa shape index (κ1) is 26.7. The number of aliphatic hydroxyl groups is 1. The fraction of sp³-hybridized carbons (Fsp3) is 0.613. The number of rotatable bonds is 2. The minimum absolute atomic E-state index is 0.0117. The highest BCUT2D eigenvalue weighted by Gasteiger charge is 2.77. The number of carbonyl (C=O) groups is 2. The summed E-state index contributed by atoms with van der Waals surface area (Å²) in [5.41, 5.74) is -1.58. The molecule has 4 aliphatic carbocycles. The summed E-state index contributed by atoms with van der Waals surface area (Å²) < 4.78 is 32.4. The first-order valence-electron chi connectivity index (χ1n) is 13.8. The highest BCUT2D eigenvalue weighted by molar-refractivity contribution is 5.96. The van der Waals surface area contributed by atoms with Gasteiger partial charge in [-0.25, -0.2) is 9.18 Å². The SMILES string of the molecule is CC1=C[C@]23C(=O)[C@@H](C=C4COC(C)(C)O[C@H]4[C@]2(O)[C@H]1OC(=O)N(C)c1cccc(F)c1)[C@H]1[C@@H](C[C@H]3C)C1(C)C. The number of nitrogens with zero attached hydrogens (tertiary/aromatic N) is 1. The van der Waals surface area contributed by atoms with E-state index in [1.807, 2.05) is 19.1 Å². The number of carbonyl (C=O) groups excluding carboxylic acids is 2. The summed E-state index contributed by atoms with van der Waals surface area (Å²) in [5.74, 6) is -1.68. The Balaban J connectivity index is 1.47. The summed E-state index contributed by atoms with van der Waals surface area (Å²) in [6.45, 7) is 12.0. The second-order valence-electron chi connectivity index (χ2n) is 13.3. The van der Waals surface area contributed by atoms with Gasteiger partial charge in [0.2, 0.25) is 0 Å². The smallest absolute Gasteiger partial charge is 0.414 e. The molecule has 1 aromatic carbocycles. The van der Waals surface area contributed by atoms with Crippen molar-refractivity contribution in [2.75, 3.05) is 18.6 Å². The third kappa shape index (κ3) is 3.50. The number of halogens is 1. The van der Waals surface area contributed by atoms with Crippen molar-refractivity contribution in [2.45, 2.75) is 71.6 Å². The minimum atomic E-state index is -1.89. The third-order valence-electron chi connectivity index (χ3n) is 10.4. The fourth-order valence-corrected chi connectivity index (χ4v) is 8.27. The van der Waals surface area contributed by atoms with E-state index in [9.17, 15) is 19.1 Å². The molecule has 2 bridgehead atoms. The molecular weight excluding hydrogens is 501 g/mol. The minimum Gasteiger partial charge on any atom is -0.438 e. The van der Waals surface area contributed by atoms with Crippen molar-refractivity contribution in [1.29, 1.82) is 0 Å². The van der Waals surface area contributed by atoms with Crippen LogP contribution in [0.15, 0.2) is 47.6 Å². The van der Waals surface area contributed by atoms with Gasteiger partial charge < -0.3 is 19.3 Å². The Kier molecular flexibility index (Phi) is 5.63. The van der Waals surface area contributed by atoms with Gasteiger partial charge in [-0.15, -0.1) is 0 Å². The zero-order chi connectivity index (χ0) is 28.3. The maximum Gasteiger partial charge on any atom is 0.414 e. The summed E-state index contributed by atoms with van der Waals surface area (Å²) in [7, 11) is 1.49. The quantitative estimate of drug-likeness (QED) is 0.531. The first-order chi connectivity index (χ1) is 18.1. The summed E-state index contributed by atoms with van der Waals surface area (Å²) in [5, 5.41) is 13.0. The van der Waals surface area contributed by atoms with Crippen molar-refractivity contribution in [2.24, 2.45) is 34.5 Å². The molecule has 39 heavy (non-hydrogen) atoms. The molecule has 5 aliphatic rings. The van der Waals surface area contributed by atoms with Crippen molar-refractivity contribution < 1.29 is 33.3 Å². The van der Waals surface area contributed by atoms with Gasteiger partial charge in [-0.1, -0.05) is 39.0 Å². The molecule has 1 N–H and O–H groups in total. The summed E-state index contributed by atoms with van der Waals surface area (Å²) in [6, 6.07) is 5.64. The average molecular weight is 540 g/mol. The summed E-state index contributed by atoms with van der Waals surface area (Å²) >= 11 is 0. The molecule has 0 unspecified atom stereocenters. The van der Waals surface area contributed by atoms with E-state index in [2.05, 4.69) is 13.8 Å². The third-order valence-corrected chi connectivity index (χ3v) is 10.4. The lowest BCUT2D eigenvalue weighted by Gasteiger charge is -2.52. The van der Waals surface area contributed by atoms with Crippen LogP contribution in [0.5, 0.6) is 0 Å². The molecule has 8 atom stereocenters. The van der Waals surface area contributed by atoms with Crippen LogP contribution in [0.2, 0.25) is 0 Å². The lowest BCUT2D eigenvalue weighted by atomic mass is 9.59. The number of allylic oxidation sites excluding steroid dienone is 1. The van der Waals surface area contributed by atoms with Crippen LogP contribution in [0.4, 0.5) is 14.9 Å². The van der Waals surface area contributed by atoms with Crippen LogP contribution in [0.3, 0.4) is 0 Å². The van der Waals surface area contributed by atoms with Crippen molar-refractivity contribution in [1.82, 2.24) is 0 Å². The molecule has 210 valence electrons. The second-order valence-corrected chi connectivity index (χ2v) is 13.3. The molecule has 8 heteroatoms. The molecule has 1 heterocycles. The monoisotopic (exact) mass is 539 g/mol. The predicted molar refractivity (Wildman–Crippen MR) is 142 cm³/mol. The zero-order valence-electron chi connectivity index (χ0n) is 23.7. The maximum atomic E-state index is 14.7. The Morgan fingerprint density at radius 2 is 1.95 bits per heavy atom. The topological polar surface area (TPSA) is 85.3 Å². The van der Waals surface area contributed by atoms with Crippen LogP contribution >= 0.6 is 0 Å². The molecule has 1 aromatic rings. The van der Waals surface area contributed by atoms with Crippen LogP contribution in [0.25, 0.3) is 0 Å². The normalized spacial score (nSPS) is 41.1. The van der Waals surface area contributed by atoms with Crippen LogP contribution in [0.1, 0.15) is 48.0 Å². The number of ketones is 1. The van der Waals surface area contributed by atoms with E-state index in [4.69, 9.17) is 14.2 Å². The summed E-state index contributed by atoms with van der Waals surface area (Å²) in [6.07, 6.45) is 1.75. The molecule has 1 aliphatic heterocycles. The van der Waals surface area contributed by atoms with Gasteiger partial charge >= 0.3 is 6.09 Å². The zero-order valence-corrected chi connectivity index (χ0v) is 23.7. The van der Waals surface area contributed by atoms with Crippen molar-refractivity contribution in [3.63, 3.8) is 0 Å². The second kappa shape index (κ2) is 8.24. The van der Waals surface area contributed by atoms with Gasteiger partial charge in [0.25, 0.3) is 0 Å². The van der Waals surface area contributed by atoms with Crippen LogP contribution in [-0.4, -0.2) is 54.2 Å². The molecule has 1 spiro atoms. The summed E-state index contributed by atoms with van der Waals surface area (Å²) in [4.78, 5) is 29.4. The van der Waals surface area contributed by atoms with E-state index in [0.717, 1.165) is 6.42 Å². The number of ether oxygens (including phenoxy) is 3. The van der Waals surface area contributed by atoms with Gasteiger partial charge in [-0.05, 0) is 79.7 Å². The van der Waals surface area contributed by atoms with E-state index in [0.29, 0.717) is 22.8 Å². The van der Waals surface area contributed by atoms with Gasteiger partial charge in [-0.2, -0.15) is 0 Å². The Morgan fingerprint density at radius 3 is 2.64 bits per heavy atom. The van der Waals surface area contributed by atoms with Gasteiger partial charge in [0.15, 0.2) is 23.3 Å². The molecule has 0 radical (unpaired) electrons. The standard InChI is InChI=1S/C31H38FNO6/c1-16-14-30-17(2)11-22-23(28(22,3)4)21(24(30)34)12-18-15-37-29(5,6)39-26(18)31(30,36)25(16)38-27(35)33(7)20-10-8-9-19(32)13-20/h8-10,12-14,17,21-23,25-26,36H,11,15H2,1-7H3/t17-,21+,22-,23+,25+,26-,30+,31-/m1/s1. The van der Waals surface area contributed by atoms with Gasteiger partial charge in [0.1, 0.15) is 11.9 Å². The Hall–Kier alpha value is -2.55. The number of Topliss-reactive ketones (excluding diaryl/α,β-unsaturated/α-hetero) is 1. The number of hydrogen-bond donors (Lipinski definition) is 1. The number of fused-ring (bicyclic) bond motifs is 5. The number of benzene rings is 1. The highest BCUT2D eigenvalue weighted by Crippen LogP contribution is 2.72. The van der Waals surface area contributed by atoms with Gasteiger partial charge in [0.05, 0.1) is 12.0 Å². The van der Waals surface area contributed by atoms with Crippen LogP contribution in [0, 0.1) is 40.3 Å². The molecule has 1 saturated heterocycles. The van der Waals surface area contributed by atoms with Crippen LogP contribution < -0.4 is 4.90 Å². The molecule has 0 aromatic heterocycles. The largest absolute Gasteiger partial charge is 0.438 e. The van der Waals surface area contributed by atoms with E-state index < -0.39 is 46.8 Å². The van der Waals surface area contributed by atoms with Gasteiger partial charge in [-0.3, -0.25) is 9.69 Å². The first-order valence-corrected chi connectivity index (χ1v) is 13.8. The molecule has 7 nitrogen and oxygen atoms in total. The van der Waals surface area contributed by atoms with E-state index in [1.54, 1.807) is 26.8 Å². The molecular formula is C31H38FNO6. The fourth-order valence-electron chi connectivity index (χ4n) is 8.27. The van der Waals surface area contributed by atoms with Crippen LogP contribution in [-0.2, 0) is 19.0 Å². The Bertz CT molecular complexity index is 1320. The van der Waals surface area contributed by atoms with Crippen molar-refractivity contribution in [3.05, 3.63) is 53.4 Å². The number of amides is 1. The lowest BCUT2D eigenvalue weighted by Crippen LogP contribution is -2.68. The Morgan fingerprint density at radius 1 is 1.23 bits per heavy atom. The molecule has 3 fully saturated rings. The maximum absolute atomic E-state index is 14.7. The van der Waals surface area contributed by atoms with E-state index in [-0.39, 0.29) is 29.6 Å². The van der Waals surface area contributed by atoms with E-state index in [1.165, 1.54) is 30.1 Å². The number of anilines is 1. The van der Waals surface area contributed by atoms with Crippen molar-refractivity contribution >= 4 is 17.6 Å². The molecule has 2 saturated carbocycles. The average Bonchev–Trinajstić information content (AvgIpc) is 3.35. The lowest BCUT2D eigenvalue weighted by molar-refractivity contribution is -0.302. The Labute approximate surface area is 229 Å². The highest BCUT2D eigenvalue weighted by atomic mass is 19.1. The molecule has 6 rings (SSSR count). The number of hydrogen-bond acceptors (Lipinski definition) is 6. The van der Waals surface area contributed by atoms with Crippen molar-refractivity contribution in [3.8, 4) is 0 Å². The predicted octanol–water partition coefficient (Wildman–Crippen LogP) is 5.03. The molecule has 1 amide bonds. The van der Waals surface area contributed by atoms with E-state index >= 15 is 0 Å².